The Bertz CT molecular complexity index is 3790. The van der Waals surface area contributed by atoms with E-state index in [0.29, 0.717) is 23.2 Å². The molecule has 0 N–H and O–H groups in total. The molecule has 9 aromatic carbocycles. The second-order valence-electron chi connectivity index (χ2n) is 15.2. The Hall–Kier alpha value is -8.11. The average Bonchev–Trinajstić information content (AvgIpc) is 3.71. The van der Waals surface area contributed by atoms with Gasteiger partial charge in [-0.3, -0.25) is 4.98 Å². The van der Waals surface area contributed by atoms with Gasteiger partial charge >= 0.3 is 0 Å². The second kappa shape index (κ2) is 14.0. The van der Waals surface area contributed by atoms with Crippen LogP contribution in [0.5, 0.6) is 0 Å². The zero-order valence-corrected chi connectivity index (χ0v) is 33.4. The molecule has 6 heteroatoms. The van der Waals surface area contributed by atoms with Crippen molar-refractivity contribution >= 4 is 80.4 Å². The average molecular weight is 794 g/mol. The summed E-state index contributed by atoms with van der Waals surface area (Å²) in [5, 5.41) is 10.1. The van der Waals surface area contributed by atoms with Crippen LogP contribution in [0.25, 0.3) is 125 Å². The van der Waals surface area contributed by atoms with Gasteiger partial charge in [0.15, 0.2) is 23.2 Å². The summed E-state index contributed by atoms with van der Waals surface area (Å²) in [5.74, 6) is 1.88. The molecule has 5 nitrogen and oxygen atoms in total. The van der Waals surface area contributed by atoms with Gasteiger partial charge in [0.05, 0.1) is 12.1 Å². The molecule has 282 valence electrons. The van der Waals surface area contributed by atoms with Crippen LogP contribution in [-0.4, -0.2) is 19.9 Å². The molecule has 0 amide bonds. The third kappa shape index (κ3) is 5.75. The highest BCUT2D eigenvalue weighted by molar-refractivity contribution is 7.25. The van der Waals surface area contributed by atoms with Gasteiger partial charge < -0.3 is 0 Å². The first-order valence-electron chi connectivity index (χ1n) is 20.2. The summed E-state index contributed by atoms with van der Waals surface area (Å²) >= 11 is 1.79. The lowest BCUT2D eigenvalue weighted by molar-refractivity contribution is 1.07. The standard InChI is InChI=1S/C55H31N5S/c1-56-49-27-26-40(37-17-7-8-20-41(37)49)48-32-46-39-19-6-5-18-38(39)45(31-47(46)44-22-12-28-57-52(44)48)34-15-11-16-35(29-34)54-58-53(33-13-3-2-4-14-33)59-55(60-54)36-24-25-43-42-21-9-10-23-50(42)61-51(43)30-36/h2-32H. The molecule has 3 aromatic heterocycles. The van der Waals surface area contributed by atoms with E-state index < -0.39 is 0 Å². The minimum absolute atomic E-state index is 0.614. The lowest BCUT2D eigenvalue weighted by Gasteiger charge is -2.17. The molecule has 12 rings (SSSR count). The molecule has 0 aliphatic carbocycles. The first-order valence-corrected chi connectivity index (χ1v) is 21.0. The maximum Gasteiger partial charge on any atom is 0.194 e. The van der Waals surface area contributed by atoms with E-state index in [1.54, 1.807) is 11.3 Å². The summed E-state index contributed by atoms with van der Waals surface area (Å²) in [6, 6.07) is 63.4. The van der Waals surface area contributed by atoms with E-state index in [9.17, 15) is 0 Å². The smallest absolute Gasteiger partial charge is 0.194 e. The van der Waals surface area contributed by atoms with Crippen molar-refractivity contribution in [2.24, 2.45) is 0 Å². The van der Waals surface area contributed by atoms with Gasteiger partial charge in [-0.25, -0.2) is 19.8 Å². The highest BCUT2D eigenvalue weighted by atomic mass is 32.1. The summed E-state index contributed by atoms with van der Waals surface area (Å²) in [5.41, 5.74) is 8.64. The van der Waals surface area contributed by atoms with Crippen molar-refractivity contribution in [3.05, 3.63) is 200 Å². The zero-order valence-electron chi connectivity index (χ0n) is 32.5. The number of benzene rings is 9. The van der Waals surface area contributed by atoms with E-state index in [0.717, 1.165) is 82.2 Å². The lowest BCUT2D eigenvalue weighted by atomic mass is 9.88. The molecule has 0 fully saturated rings. The Labute approximate surface area is 354 Å². The van der Waals surface area contributed by atoms with Crippen LogP contribution in [0, 0.1) is 6.57 Å². The van der Waals surface area contributed by atoms with E-state index >= 15 is 0 Å². The molecule has 0 aliphatic heterocycles. The van der Waals surface area contributed by atoms with Gasteiger partial charge in [0.2, 0.25) is 0 Å². The molecule has 0 unspecified atom stereocenters. The Morgan fingerprint density at radius 1 is 0.361 bits per heavy atom. The van der Waals surface area contributed by atoms with Crippen molar-refractivity contribution in [1.82, 2.24) is 19.9 Å². The zero-order chi connectivity index (χ0) is 40.4. The highest BCUT2D eigenvalue weighted by Gasteiger charge is 2.19. The Kier molecular flexibility index (Phi) is 8.02. The normalized spacial score (nSPS) is 11.6. The second-order valence-corrected chi connectivity index (χ2v) is 16.3. The summed E-state index contributed by atoms with van der Waals surface area (Å²) in [6.45, 7) is 7.82. The third-order valence-corrected chi connectivity index (χ3v) is 12.9. The van der Waals surface area contributed by atoms with Gasteiger partial charge in [0.25, 0.3) is 0 Å². The molecule has 0 aliphatic rings. The molecular formula is C55H31N5S. The van der Waals surface area contributed by atoms with Crippen LogP contribution in [0.1, 0.15) is 0 Å². The lowest BCUT2D eigenvalue weighted by Crippen LogP contribution is -2.00. The SMILES string of the molecule is [C-]#[N+]c1ccc(-c2cc3c4ccccc4c(-c4cccc(-c5nc(-c6ccccc6)nc(-c6ccc7c(c6)sc6ccccc67)n5)c4)cc3c3cccnc23)c2ccccc12. The number of thiophene rings is 1. The highest BCUT2D eigenvalue weighted by Crippen LogP contribution is 2.44. The molecule has 0 atom stereocenters. The summed E-state index contributed by atoms with van der Waals surface area (Å²) in [6.07, 6.45) is 1.87. The van der Waals surface area contributed by atoms with E-state index in [-0.39, 0.29) is 0 Å². The number of hydrogen-bond donors (Lipinski definition) is 0. The number of pyridine rings is 1. The van der Waals surface area contributed by atoms with Gasteiger partial charge in [0.1, 0.15) is 0 Å². The van der Waals surface area contributed by atoms with Gasteiger partial charge in [-0.2, -0.15) is 0 Å². The van der Waals surface area contributed by atoms with Crippen molar-refractivity contribution in [2.75, 3.05) is 0 Å². The Balaban J connectivity index is 1.04. The molecule has 0 bridgehead atoms. The van der Waals surface area contributed by atoms with E-state index in [1.165, 1.54) is 20.2 Å². The quantitative estimate of drug-likeness (QED) is 0.129. The molecule has 0 radical (unpaired) electrons. The minimum Gasteiger partial charge on any atom is -0.256 e. The van der Waals surface area contributed by atoms with Crippen molar-refractivity contribution < 1.29 is 0 Å². The van der Waals surface area contributed by atoms with Gasteiger partial charge in [-0.05, 0) is 85.4 Å². The maximum absolute atomic E-state index is 7.82. The van der Waals surface area contributed by atoms with E-state index in [2.05, 4.69) is 126 Å². The van der Waals surface area contributed by atoms with Crippen LogP contribution in [0.4, 0.5) is 5.69 Å². The monoisotopic (exact) mass is 793 g/mol. The molecule has 12 aromatic rings. The predicted molar refractivity (Wildman–Crippen MR) is 254 cm³/mol. The number of hydrogen-bond acceptors (Lipinski definition) is 5. The van der Waals surface area contributed by atoms with Crippen LogP contribution in [0.15, 0.2) is 188 Å². The first kappa shape index (κ1) is 34.9. The van der Waals surface area contributed by atoms with E-state index in [4.69, 9.17) is 26.5 Å². The fraction of sp³-hybridized carbons (Fsp3) is 0. The fourth-order valence-electron chi connectivity index (χ4n) is 8.93. The number of fused-ring (bicyclic) bond motifs is 9. The van der Waals surface area contributed by atoms with Crippen LogP contribution >= 0.6 is 11.3 Å². The van der Waals surface area contributed by atoms with Gasteiger partial charge in [-0.1, -0.05) is 146 Å². The first-order chi connectivity index (χ1) is 30.2. The number of aromatic nitrogens is 4. The summed E-state index contributed by atoms with van der Waals surface area (Å²) in [4.78, 5) is 24.2. The van der Waals surface area contributed by atoms with Crippen LogP contribution in [-0.2, 0) is 0 Å². The molecule has 0 saturated carbocycles. The van der Waals surface area contributed by atoms with Crippen LogP contribution < -0.4 is 0 Å². The van der Waals surface area contributed by atoms with E-state index in [1.807, 2.05) is 66.9 Å². The molecular weight excluding hydrogens is 763 g/mol. The van der Waals surface area contributed by atoms with Gasteiger partial charge in [-0.15, -0.1) is 11.3 Å². The van der Waals surface area contributed by atoms with Crippen LogP contribution in [0.3, 0.4) is 0 Å². The number of nitrogens with zero attached hydrogens (tertiary/aromatic N) is 5. The number of rotatable bonds is 5. The van der Waals surface area contributed by atoms with Crippen LogP contribution in [0.2, 0.25) is 0 Å². The van der Waals surface area contributed by atoms with Gasteiger partial charge in [0, 0.05) is 54.0 Å². The molecule has 0 saturated heterocycles. The summed E-state index contributed by atoms with van der Waals surface area (Å²) < 4.78 is 2.47. The third-order valence-electron chi connectivity index (χ3n) is 11.8. The predicted octanol–water partition coefficient (Wildman–Crippen LogP) is 15.1. The van der Waals surface area contributed by atoms with Crippen molar-refractivity contribution in [2.45, 2.75) is 0 Å². The van der Waals surface area contributed by atoms with Crippen molar-refractivity contribution in [3.8, 4) is 56.4 Å². The summed E-state index contributed by atoms with van der Waals surface area (Å²) in [7, 11) is 0. The van der Waals surface area contributed by atoms with Crippen molar-refractivity contribution in [3.63, 3.8) is 0 Å². The molecule has 0 spiro atoms. The molecule has 3 heterocycles. The maximum atomic E-state index is 7.82. The topological polar surface area (TPSA) is 55.9 Å². The van der Waals surface area contributed by atoms with Crippen molar-refractivity contribution in [1.29, 1.82) is 0 Å². The minimum atomic E-state index is 0.614. The fourth-order valence-corrected chi connectivity index (χ4v) is 10.1. The Morgan fingerprint density at radius 2 is 0.951 bits per heavy atom. The largest absolute Gasteiger partial charge is 0.256 e. The Morgan fingerprint density at radius 3 is 1.75 bits per heavy atom. The molecule has 61 heavy (non-hydrogen) atoms.